The van der Waals surface area contributed by atoms with E-state index in [2.05, 4.69) is 49.1 Å². The minimum Gasteiger partial charge on any atom is -0.457 e. The third-order valence-corrected chi connectivity index (χ3v) is 8.71. The van der Waals surface area contributed by atoms with Crippen molar-refractivity contribution in [3.63, 3.8) is 0 Å². The van der Waals surface area contributed by atoms with Gasteiger partial charge in [-0.05, 0) is 93.6 Å². The van der Waals surface area contributed by atoms with Crippen molar-refractivity contribution < 1.29 is 9.53 Å². The summed E-state index contributed by atoms with van der Waals surface area (Å²) in [5.74, 6) is 3.03. The largest absolute Gasteiger partial charge is 0.457 e. The second kappa shape index (κ2) is 10.8. The summed E-state index contributed by atoms with van der Waals surface area (Å²) in [6, 6.07) is 12.1. The highest BCUT2D eigenvalue weighted by molar-refractivity contribution is 5.93. The van der Waals surface area contributed by atoms with Gasteiger partial charge in [0.05, 0.1) is 0 Å². The van der Waals surface area contributed by atoms with Crippen molar-refractivity contribution in [1.29, 1.82) is 0 Å². The highest BCUT2D eigenvalue weighted by Gasteiger charge is 2.44. The van der Waals surface area contributed by atoms with Crippen molar-refractivity contribution in [2.75, 3.05) is 32.5 Å². The van der Waals surface area contributed by atoms with E-state index in [4.69, 9.17) is 4.74 Å². The molecule has 4 aromatic heterocycles. The van der Waals surface area contributed by atoms with Gasteiger partial charge in [-0.1, -0.05) is 6.58 Å². The van der Waals surface area contributed by atoms with Crippen LogP contribution in [0.15, 0.2) is 73.6 Å². The fraction of sp³-hybridized carbons (Fsp3) is 0.344. The zero-order valence-corrected chi connectivity index (χ0v) is 24.6. The van der Waals surface area contributed by atoms with Gasteiger partial charge in [0.25, 0.3) is 5.91 Å². The van der Waals surface area contributed by atoms with Gasteiger partial charge in [-0.3, -0.25) is 4.79 Å². The summed E-state index contributed by atoms with van der Waals surface area (Å²) in [6.45, 7) is 7.45. The van der Waals surface area contributed by atoms with Crippen molar-refractivity contribution in [3.8, 4) is 11.5 Å². The summed E-state index contributed by atoms with van der Waals surface area (Å²) < 4.78 is 9.76. The van der Waals surface area contributed by atoms with Crippen LogP contribution >= 0.6 is 0 Å². The lowest BCUT2D eigenvalue weighted by Crippen LogP contribution is -2.54. The summed E-state index contributed by atoms with van der Waals surface area (Å²) in [5, 5.41) is 12.2. The molecule has 1 aromatic carbocycles. The first-order valence-corrected chi connectivity index (χ1v) is 14.6. The number of carbonyl (C=O) groups excluding carboxylic acids is 1. The zero-order chi connectivity index (χ0) is 29.7. The number of nitrogens with one attached hydrogen (secondary N) is 1. The standard InChI is InChI=1S/C32H35N9O2/c1-20-13-23(6-8-28(20)43-25-9-11-40-29(15-25)33-18-35-40)37-31-30-26(10-12-41(30)36-19-34-31)27-14-24-7-5-22(27)17-39(24)32(42)21(2)16-38(3)4/h6,8-13,15,18-19,22,24,27H,2,5,7,14,16-17H2,1,3-4H3,(H,34,36,37)/t22-,24-,27-/m1/s1. The molecule has 8 rings (SSSR count). The third-order valence-electron chi connectivity index (χ3n) is 8.71. The molecule has 11 heteroatoms. The number of fused-ring (bicyclic) bond motifs is 5. The van der Waals surface area contributed by atoms with Gasteiger partial charge in [-0.2, -0.15) is 10.2 Å². The molecule has 1 saturated carbocycles. The van der Waals surface area contributed by atoms with E-state index in [0.717, 1.165) is 59.8 Å². The average molecular weight is 578 g/mol. The van der Waals surface area contributed by atoms with Gasteiger partial charge < -0.3 is 19.9 Å². The number of hydrogen-bond donors (Lipinski definition) is 1. The van der Waals surface area contributed by atoms with Crippen LogP contribution in [0.5, 0.6) is 11.5 Å². The number of pyridine rings is 1. The van der Waals surface area contributed by atoms with E-state index in [-0.39, 0.29) is 11.9 Å². The molecular weight excluding hydrogens is 542 g/mol. The van der Waals surface area contributed by atoms with Crippen LogP contribution in [-0.2, 0) is 4.79 Å². The number of anilines is 2. The molecule has 0 unspecified atom stereocenters. The molecule has 1 aliphatic carbocycles. The fourth-order valence-corrected chi connectivity index (χ4v) is 6.73. The Morgan fingerprint density at radius 3 is 2.67 bits per heavy atom. The average Bonchev–Trinajstić information content (AvgIpc) is 3.65. The summed E-state index contributed by atoms with van der Waals surface area (Å²) in [7, 11) is 3.93. The number of aryl methyl sites for hydroxylation is 1. The Balaban J connectivity index is 1.11. The van der Waals surface area contributed by atoms with E-state index in [1.54, 1.807) is 10.8 Å². The van der Waals surface area contributed by atoms with E-state index in [9.17, 15) is 4.79 Å². The quantitative estimate of drug-likeness (QED) is 0.262. The molecule has 2 aliphatic heterocycles. The topological polar surface area (TPSA) is 105 Å². The monoisotopic (exact) mass is 577 g/mol. The van der Waals surface area contributed by atoms with Crippen molar-refractivity contribution in [2.45, 2.75) is 38.1 Å². The lowest BCUT2D eigenvalue weighted by molar-refractivity contribution is -0.135. The first kappa shape index (κ1) is 27.1. The Hall–Kier alpha value is -4.77. The van der Waals surface area contributed by atoms with Crippen molar-refractivity contribution in [1.82, 2.24) is 39.0 Å². The predicted molar refractivity (Wildman–Crippen MR) is 164 cm³/mol. The second-order valence-corrected chi connectivity index (χ2v) is 11.9. The van der Waals surface area contributed by atoms with Crippen molar-refractivity contribution in [2.24, 2.45) is 5.92 Å². The van der Waals surface area contributed by atoms with E-state index in [1.807, 2.05) is 67.1 Å². The Morgan fingerprint density at radius 2 is 1.88 bits per heavy atom. The van der Waals surface area contributed by atoms with Crippen LogP contribution < -0.4 is 10.1 Å². The van der Waals surface area contributed by atoms with E-state index < -0.39 is 0 Å². The van der Waals surface area contributed by atoms with Gasteiger partial charge >= 0.3 is 0 Å². The van der Waals surface area contributed by atoms with Crippen LogP contribution in [0.4, 0.5) is 11.5 Å². The maximum Gasteiger partial charge on any atom is 0.250 e. The number of piperidine rings is 2. The lowest BCUT2D eigenvalue weighted by atomic mass is 9.69. The molecule has 3 fully saturated rings. The Kier molecular flexibility index (Phi) is 6.81. The first-order chi connectivity index (χ1) is 20.8. The molecule has 0 radical (unpaired) electrons. The summed E-state index contributed by atoms with van der Waals surface area (Å²) in [6.07, 6.45) is 10.0. The molecule has 43 heavy (non-hydrogen) atoms. The van der Waals surface area contributed by atoms with Crippen LogP contribution in [0.1, 0.15) is 36.3 Å². The Morgan fingerprint density at radius 1 is 1.07 bits per heavy atom. The van der Waals surface area contributed by atoms with Gasteiger partial charge in [0, 0.05) is 48.9 Å². The van der Waals surface area contributed by atoms with E-state index >= 15 is 0 Å². The summed E-state index contributed by atoms with van der Waals surface area (Å²) >= 11 is 0. The minimum absolute atomic E-state index is 0.0937. The van der Waals surface area contributed by atoms with Crippen LogP contribution in [0.3, 0.4) is 0 Å². The molecule has 0 spiro atoms. The molecule has 3 aliphatic rings. The van der Waals surface area contributed by atoms with Gasteiger partial charge in [0.15, 0.2) is 11.5 Å². The molecule has 1 N–H and O–H groups in total. The van der Waals surface area contributed by atoms with E-state index in [0.29, 0.717) is 29.7 Å². The lowest BCUT2D eigenvalue weighted by Gasteiger charge is -2.50. The van der Waals surface area contributed by atoms with Crippen LogP contribution in [0, 0.1) is 12.8 Å². The maximum absolute atomic E-state index is 13.2. The highest BCUT2D eigenvalue weighted by atomic mass is 16.5. The number of benzene rings is 1. The van der Waals surface area contributed by atoms with Gasteiger partial charge in [0.1, 0.15) is 29.7 Å². The Bertz CT molecular complexity index is 1840. The smallest absolute Gasteiger partial charge is 0.250 e. The number of nitrogens with zero attached hydrogens (tertiary/aromatic N) is 8. The molecular formula is C32H35N9O2. The molecule has 3 atom stereocenters. The number of ether oxygens (including phenoxy) is 1. The van der Waals surface area contributed by atoms with Gasteiger partial charge in [-0.15, -0.1) is 0 Å². The number of aromatic nitrogens is 6. The first-order valence-electron chi connectivity index (χ1n) is 14.6. The molecule has 220 valence electrons. The summed E-state index contributed by atoms with van der Waals surface area (Å²) in [5.41, 5.74) is 5.49. The van der Waals surface area contributed by atoms with Gasteiger partial charge in [-0.25, -0.2) is 19.0 Å². The molecule has 11 nitrogen and oxygen atoms in total. The van der Waals surface area contributed by atoms with E-state index in [1.165, 1.54) is 11.9 Å². The Labute approximate surface area is 249 Å². The van der Waals surface area contributed by atoms with Crippen LogP contribution in [-0.4, -0.2) is 78.1 Å². The minimum atomic E-state index is 0.0937. The number of hydrogen-bond acceptors (Lipinski definition) is 8. The fourth-order valence-electron chi connectivity index (χ4n) is 6.73. The molecule has 1 amide bonds. The number of amides is 1. The van der Waals surface area contributed by atoms with Crippen molar-refractivity contribution >= 4 is 28.6 Å². The normalized spacial score (nSPS) is 19.8. The molecule has 2 saturated heterocycles. The zero-order valence-electron chi connectivity index (χ0n) is 24.6. The van der Waals surface area contributed by atoms with Gasteiger partial charge in [0.2, 0.25) is 0 Å². The maximum atomic E-state index is 13.2. The van der Waals surface area contributed by atoms with Crippen LogP contribution in [0.25, 0.3) is 11.2 Å². The number of likely N-dealkylation sites (N-methyl/N-ethyl adjacent to an activating group) is 1. The predicted octanol–water partition coefficient (Wildman–Crippen LogP) is 4.83. The van der Waals surface area contributed by atoms with Crippen molar-refractivity contribution in [3.05, 3.63) is 84.7 Å². The molecule has 6 heterocycles. The highest BCUT2D eigenvalue weighted by Crippen LogP contribution is 2.47. The molecule has 5 aromatic rings. The summed E-state index contributed by atoms with van der Waals surface area (Å²) in [4.78, 5) is 26.2. The number of rotatable bonds is 8. The number of carbonyl (C=O) groups is 1. The van der Waals surface area contributed by atoms with Crippen LogP contribution in [0.2, 0.25) is 0 Å². The SMILES string of the molecule is C=C(CN(C)C)C(=O)N1C[C@H]2CC[C@@H]1C[C@H]2c1ccn2ncnc(Nc3ccc(Oc4ccn5ncnc5c4)c(C)c3)c12. The molecule has 2 bridgehead atoms. The third kappa shape index (κ3) is 5.10. The second-order valence-electron chi connectivity index (χ2n) is 11.9.